The Morgan fingerprint density at radius 2 is 1.93 bits per heavy atom. The molecule has 0 spiro atoms. The highest BCUT2D eigenvalue weighted by Crippen LogP contribution is 2.20. The molecule has 0 bridgehead atoms. The molecule has 0 radical (unpaired) electrons. The van der Waals surface area contributed by atoms with Crippen LogP contribution in [0.15, 0.2) is 67.1 Å². The molecule has 1 aromatic heterocycles. The Labute approximate surface area is 156 Å². The molecule has 7 nitrogen and oxygen atoms in total. The summed E-state index contributed by atoms with van der Waals surface area (Å²) in [6.07, 6.45) is 2.72. The Hall–Kier alpha value is -3.61. The van der Waals surface area contributed by atoms with Crippen LogP contribution in [0.5, 0.6) is 0 Å². The standard InChI is InChI=1S/C20H19N3O4/c1-22-14-21-11-18(22)12-23(17-9-5-8-16(10-17)19(24)25)20(26)27-13-15-6-3-2-4-7-15/h2-11,14H,12-13H2,1H3,(H,24,25). The van der Waals surface area contributed by atoms with Crippen molar-refractivity contribution >= 4 is 17.7 Å². The van der Waals surface area contributed by atoms with Crippen molar-refractivity contribution in [1.82, 2.24) is 9.55 Å². The number of anilines is 1. The molecule has 3 rings (SSSR count). The first-order chi connectivity index (χ1) is 13.0. The zero-order valence-corrected chi connectivity index (χ0v) is 14.8. The van der Waals surface area contributed by atoms with Crippen molar-refractivity contribution in [3.8, 4) is 0 Å². The molecule has 0 unspecified atom stereocenters. The van der Waals surface area contributed by atoms with Gasteiger partial charge in [0.1, 0.15) is 6.61 Å². The zero-order valence-electron chi connectivity index (χ0n) is 14.8. The number of hydrogen-bond acceptors (Lipinski definition) is 4. The van der Waals surface area contributed by atoms with E-state index in [9.17, 15) is 14.7 Å². The normalized spacial score (nSPS) is 10.4. The third-order valence-corrected chi connectivity index (χ3v) is 4.07. The van der Waals surface area contributed by atoms with Crippen LogP contribution in [0.4, 0.5) is 10.5 Å². The number of carbonyl (C=O) groups is 2. The predicted octanol–water partition coefficient (Wildman–Crippen LogP) is 3.46. The molecular formula is C20H19N3O4. The summed E-state index contributed by atoms with van der Waals surface area (Å²) in [6.45, 7) is 0.327. The lowest BCUT2D eigenvalue weighted by Gasteiger charge is -2.22. The van der Waals surface area contributed by atoms with Crippen molar-refractivity contribution in [2.24, 2.45) is 7.05 Å². The molecule has 0 saturated carbocycles. The number of aromatic carboxylic acids is 1. The number of hydrogen-bond donors (Lipinski definition) is 1. The first-order valence-electron chi connectivity index (χ1n) is 8.31. The van der Waals surface area contributed by atoms with Crippen LogP contribution in [0, 0.1) is 0 Å². The molecule has 0 aliphatic heterocycles. The maximum Gasteiger partial charge on any atom is 0.414 e. The molecule has 0 saturated heterocycles. The number of imidazole rings is 1. The van der Waals surface area contributed by atoms with E-state index in [2.05, 4.69) is 4.98 Å². The fourth-order valence-electron chi connectivity index (χ4n) is 2.56. The SMILES string of the molecule is Cn1cncc1CN(C(=O)OCc1ccccc1)c1cccc(C(=O)O)c1. The number of carbonyl (C=O) groups excluding carboxylic acids is 1. The summed E-state index contributed by atoms with van der Waals surface area (Å²) >= 11 is 0. The number of amides is 1. The molecule has 27 heavy (non-hydrogen) atoms. The minimum absolute atomic E-state index is 0.0957. The average molecular weight is 365 g/mol. The van der Waals surface area contributed by atoms with Crippen molar-refractivity contribution in [1.29, 1.82) is 0 Å². The molecule has 0 aliphatic rings. The number of rotatable bonds is 6. The second kappa shape index (κ2) is 8.18. The van der Waals surface area contributed by atoms with Gasteiger partial charge in [-0.25, -0.2) is 14.6 Å². The van der Waals surface area contributed by atoms with Crippen LogP contribution < -0.4 is 4.90 Å². The summed E-state index contributed by atoms with van der Waals surface area (Å²) in [7, 11) is 1.82. The monoisotopic (exact) mass is 365 g/mol. The lowest BCUT2D eigenvalue weighted by molar-refractivity contribution is 0.0696. The maximum atomic E-state index is 12.8. The Balaban J connectivity index is 1.85. The maximum absolute atomic E-state index is 12.8. The quantitative estimate of drug-likeness (QED) is 0.723. The van der Waals surface area contributed by atoms with Crippen LogP contribution in [0.25, 0.3) is 0 Å². The van der Waals surface area contributed by atoms with Gasteiger partial charge >= 0.3 is 12.1 Å². The molecule has 0 fully saturated rings. The minimum Gasteiger partial charge on any atom is -0.478 e. The number of carboxylic acid groups (broad SMARTS) is 1. The van der Waals surface area contributed by atoms with Crippen molar-refractivity contribution in [2.45, 2.75) is 13.2 Å². The number of aryl methyl sites for hydroxylation is 1. The van der Waals surface area contributed by atoms with Crippen LogP contribution in [-0.4, -0.2) is 26.7 Å². The molecule has 1 heterocycles. The van der Waals surface area contributed by atoms with Gasteiger partial charge in [-0.15, -0.1) is 0 Å². The summed E-state index contributed by atoms with van der Waals surface area (Å²) in [6, 6.07) is 15.5. The lowest BCUT2D eigenvalue weighted by atomic mass is 10.2. The van der Waals surface area contributed by atoms with Gasteiger partial charge in [0.15, 0.2) is 0 Å². The molecule has 1 N–H and O–H groups in total. The minimum atomic E-state index is -1.06. The highest BCUT2D eigenvalue weighted by atomic mass is 16.6. The first kappa shape index (κ1) is 18.2. The summed E-state index contributed by atoms with van der Waals surface area (Å²) in [5.41, 5.74) is 2.19. The van der Waals surface area contributed by atoms with E-state index < -0.39 is 12.1 Å². The van der Waals surface area contributed by atoms with E-state index in [0.29, 0.717) is 5.69 Å². The van der Waals surface area contributed by atoms with Gasteiger partial charge in [0.2, 0.25) is 0 Å². The number of benzene rings is 2. The third-order valence-electron chi connectivity index (χ3n) is 4.07. The lowest BCUT2D eigenvalue weighted by Crippen LogP contribution is -2.31. The van der Waals surface area contributed by atoms with Crippen LogP contribution in [0.2, 0.25) is 0 Å². The van der Waals surface area contributed by atoms with Crippen LogP contribution in [-0.2, 0) is 24.9 Å². The van der Waals surface area contributed by atoms with E-state index >= 15 is 0 Å². The van der Waals surface area contributed by atoms with E-state index in [-0.39, 0.29) is 18.7 Å². The zero-order chi connectivity index (χ0) is 19.2. The van der Waals surface area contributed by atoms with Crippen molar-refractivity contribution in [2.75, 3.05) is 4.90 Å². The van der Waals surface area contributed by atoms with Crippen molar-refractivity contribution < 1.29 is 19.4 Å². The van der Waals surface area contributed by atoms with Gasteiger partial charge in [-0.05, 0) is 23.8 Å². The second-order valence-corrected chi connectivity index (χ2v) is 5.98. The topological polar surface area (TPSA) is 84.7 Å². The summed E-state index contributed by atoms with van der Waals surface area (Å²) in [5.74, 6) is -1.06. The van der Waals surface area contributed by atoms with Crippen LogP contribution >= 0.6 is 0 Å². The smallest absolute Gasteiger partial charge is 0.414 e. The number of carboxylic acids is 1. The second-order valence-electron chi connectivity index (χ2n) is 5.98. The van der Waals surface area contributed by atoms with Gasteiger partial charge in [0, 0.05) is 18.9 Å². The Morgan fingerprint density at radius 3 is 2.59 bits per heavy atom. The summed E-state index contributed by atoms with van der Waals surface area (Å²) in [4.78, 5) is 29.5. The number of aromatic nitrogens is 2. The molecular weight excluding hydrogens is 346 g/mol. The van der Waals surface area contributed by atoms with Gasteiger partial charge in [-0.2, -0.15) is 0 Å². The van der Waals surface area contributed by atoms with E-state index in [1.807, 2.05) is 37.4 Å². The Bertz CT molecular complexity index is 937. The van der Waals surface area contributed by atoms with Gasteiger partial charge in [-0.1, -0.05) is 36.4 Å². The van der Waals surface area contributed by atoms with Crippen molar-refractivity contribution in [3.05, 3.63) is 83.9 Å². The van der Waals surface area contributed by atoms with Gasteiger partial charge < -0.3 is 14.4 Å². The van der Waals surface area contributed by atoms with E-state index in [1.165, 1.54) is 17.0 Å². The molecule has 1 amide bonds. The van der Waals surface area contributed by atoms with Gasteiger partial charge in [0.05, 0.1) is 24.1 Å². The Morgan fingerprint density at radius 1 is 1.15 bits per heavy atom. The highest BCUT2D eigenvalue weighted by Gasteiger charge is 2.20. The van der Waals surface area contributed by atoms with Gasteiger partial charge in [-0.3, -0.25) is 4.90 Å². The molecule has 7 heteroatoms. The number of ether oxygens (including phenoxy) is 1. The fourth-order valence-corrected chi connectivity index (χ4v) is 2.56. The largest absolute Gasteiger partial charge is 0.478 e. The molecule has 3 aromatic rings. The highest BCUT2D eigenvalue weighted by molar-refractivity contribution is 5.92. The average Bonchev–Trinajstić information content (AvgIpc) is 3.09. The van der Waals surface area contributed by atoms with E-state index in [0.717, 1.165) is 11.3 Å². The Kier molecular flexibility index (Phi) is 5.51. The van der Waals surface area contributed by atoms with Crippen LogP contribution in [0.3, 0.4) is 0 Å². The summed E-state index contributed by atoms with van der Waals surface area (Å²) < 4.78 is 7.23. The first-order valence-corrected chi connectivity index (χ1v) is 8.31. The molecule has 0 atom stereocenters. The molecule has 138 valence electrons. The van der Waals surface area contributed by atoms with Gasteiger partial charge in [0.25, 0.3) is 0 Å². The van der Waals surface area contributed by atoms with E-state index in [4.69, 9.17) is 4.74 Å². The van der Waals surface area contributed by atoms with E-state index in [1.54, 1.807) is 29.2 Å². The third kappa shape index (κ3) is 4.52. The van der Waals surface area contributed by atoms with Crippen molar-refractivity contribution in [3.63, 3.8) is 0 Å². The fraction of sp³-hybridized carbons (Fsp3) is 0.150. The predicted molar refractivity (Wildman–Crippen MR) is 99.4 cm³/mol. The molecule has 0 aliphatic carbocycles. The number of nitrogens with zero attached hydrogens (tertiary/aromatic N) is 3. The van der Waals surface area contributed by atoms with Crippen LogP contribution in [0.1, 0.15) is 21.6 Å². The summed E-state index contributed by atoms with van der Waals surface area (Å²) in [5, 5.41) is 9.23. The molecule has 2 aromatic carbocycles.